The maximum atomic E-state index is 12.7. The zero-order valence-electron chi connectivity index (χ0n) is 15.9. The Kier molecular flexibility index (Phi) is 6.11. The molecule has 1 unspecified atom stereocenters. The van der Waals surface area contributed by atoms with E-state index in [1.54, 1.807) is 24.4 Å². The molecular weight excluding hydrogens is 376 g/mol. The average molecular weight is 397 g/mol. The van der Waals surface area contributed by atoms with E-state index in [0.717, 1.165) is 11.1 Å². The summed E-state index contributed by atoms with van der Waals surface area (Å²) in [5, 5.41) is 6.60. The molecule has 1 atom stereocenters. The Hall–Kier alpha value is -3.12. The molecule has 7 heteroatoms. The molecule has 0 fully saturated rings. The lowest BCUT2D eigenvalue weighted by molar-refractivity contribution is 0.102. The van der Waals surface area contributed by atoms with Gasteiger partial charge in [-0.15, -0.1) is 0 Å². The average Bonchev–Trinajstić information content (AvgIpc) is 2.71. The van der Waals surface area contributed by atoms with Crippen LogP contribution < -0.4 is 15.4 Å². The normalized spacial score (nSPS) is 11.6. The fourth-order valence-corrected chi connectivity index (χ4v) is 2.84. The van der Waals surface area contributed by atoms with Gasteiger partial charge in [-0.3, -0.25) is 4.79 Å². The van der Waals surface area contributed by atoms with E-state index in [-0.39, 0.29) is 17.6 Å². The minimum atomic E-state index is -0.363. The summed E-state index contributed by atoms with van der Waals surface area (Å²) in [6.07, 6.45) is 1.55. The van der Waals surface area contributed by atoms with Crippen LogP contribution >= 0.6 is 11.6 Å². The standard InChI is InChI=1S/C21H21ClN4O2/c1-13-11-18(19(28-3)12-16(13)22)25-20(27)17-9-10-23-21(26-17)24-14(2)15-7-5-4-6-8-15/h4-12,14H,1-3H3,(H,25,27)(H,23,24,26). The van der Waals surface area contributed by atoms with Crippen molar-refractivity contribution in [1.82, 2.24) is 9.97 Å². The number of nitrogens with one attached hydrogen (secondary N) is 2. The van der Waals surface area contributed by atoms with Crippen molar-refractivity contribution < 1.29 is 9.53 Å². The quantitative estimate of drug-likeness (QED) is 0.621. The highest BCUT2D eigenvalue weighted by Crippen LogP contribution is 2.31. The maximum Gasteiger partial charge on any atom is 0.274 e. The molecule has 0 saturated heterocycles. The summed E-state index contributed by atoms with van der Waals surface area (Å²) >= 11 is 6.12. The maximum absolute atomic E-state index is 12.7. The van der Waals surface area contributed by atoms with Crippen molar-refractivity contribution in [1.29, 1.82) is 0 Å². The molecule has 0 saturated carbocycles. The zero-order chi connectivity index (χ0) is 20.1. The summed E-state index contributed by atoms with van der Waals surface area (Å²) in [4.78, 5) is 21.2. The first-order valence-electron chi connectivity index (χ1n) is 8.78. The third-order valence-electron chi connectivity index (χ3n) is 4.26. The number of anilines is 2. The molecule has 1 heterocycles. The van der Waals surface area contributed by atoms with Crippen LogP contribution in [-0.2, 0) is 0 Å². The second-order valence-corrected chi connectivity index (χ2v) is 6.71. The Labute approximate surface area is 168 Å². The first-order chi connectivity index (χ1) is 13.5. The van der Waals surface area contributed by atoms with Crippen molar-refractivity contribution in [3.8, 4) is 5.75 Å². The number of ether oxygens (including phenoxy) is 1. The molecular formula is C21H21ClN4O2. The van der Waals surface area contributed by atoms with Gasteiger partial charge in [-0.25, -0.2) is 9.97 Å². The molecule has 3 aromatic rings. The lowest BCUT2D eigenvalue weighted by Crippen LogP contribution is -2.17. The Bertz CT molecular complexity index is 979. The Balaban J connectivity index is 1.77. The molecule has 3 rings (SSSR count). The monoisotopic (exact) mass is 396 g/mol. The van der Waals surface area contributed by atoms with E-state index in [2.05, 4.69) is 20.6 Å². The molecule has 1 aromatic heterocycles. The molecule has 28 heavy (non-hydrogen) atoms. The number of carbonyl (C=O) groups excluding carboxylic acids is 1. The summed E-state index contributed by atoms with van der Waals surface area (Å²) in [7, 11) is 1.52. The highest BCUT2D eigenvalue weighted by Gasteiger charge is 2.14. The summed E-state index contributed by atoms with van der Waals surface area (Å²) in [5.41, 5.74) is 2.70. The van der Waals surface area contributed by atoms with Gasteiger partial charge in [-0.2, -0.15) is 0 Å². The van der Waals surface area contributed by atoms with Gasteiger partial charge in [0.05, 0.1) is 18.8 Å². The van der Waals surface area contributed by atoms with Gasteiger partial charge < -0.3 is 15.4 Å². The third kappa shape index (κ3) is 4.58. The molecule has 6 nitrogen and oxygen atoms in total. The predicted molar refractivity (Wildman–Crippen MR) is 111 cm³/mol. The second kappa shape index (κ2) is 8.71. The van der Waals surface area contributed by atoms with Crippen LogP contribution in [0.1, 0.15) is 34.6 Å². The largest absolute Gasteiger partial charge is 0.495 e. The van der Waals surface area contributed by atoms with Crippen molar-refractivity contribution in [3.05, 3.63) is 76.6 Å². The predicted octanol–water partition coefficient (Wildman–Crippen LogP) is 4.87. The van der Waals surface area contributed by atoms with Gasteiger partial charge in [-0.1, -0.05) is 41.9 Å². The fourth-order valence-electron chi connectivity index (χ4n) is 2.69. The fraction of sp³-hybridized carbons (Fsp3) is 0.190. The number of aryl methyl sites for hydroxylation is 1. The van der Waals surface area contributed by atoms with Crippen LogP contribution in [0.3, 0.4) is 0 Å². The summed E-state index contributed by atoms with van der Waals surface area (Å²) in [6, 6.07) is 14.9. The smallest absolute Gasteiger partial charge is 0.274 e. The van der Waals surface area contributed by atoms with Crippen LogP contribution in [0.2, 0.25) is 5.02 Å². The molecule has 0 bridgehead atoms. The van der Waals surface area contributed by atoms with Crippen molar-refractivity contribution in [3.63, 3.8) is 0 Å². The van der Waals surface area contributed by atoms with Crippen molar-refractivity contribution in [2.75, 3.05) is 17.7 Å². The van der Waals surface area contributed by atoms with Gasteiger partial charge in [0.15, 0.2) is 0 Å². The number of hydrogen-bond acceptors (Lipinski definition) is 5. The van der Waals surface area contributed by atoms with Crippen LogP contribution in [0, 0.1) is 6.92 Å². The number of rotatable bonds is 6. The van der Waals surface area contributed by atoms with Gasteiger partial charge in [0.25, 0.3) is 5.91 Å². The SMILES string of the molecule is COc1cc(Cl)c(C)cc1NC(=O)c1ccnc(NC(C)c2ccccc2)n1. The van der Waals surface area contributed by atoms with Gasteiger partial charge in [0.1, 0.15) is 11.4 Å². The lowest BCUT2D eigenvalue weighted by atomic mass is 10.1. The molecule has 0 aliphatic rings. The van der Waals surface area contributed by atoms with E-state index in [1.807, 2.05) is 44.2 Å². The number of benzene rings is 2. The highest BCUT2D eigenvalue weighted by molar-refractivity contribution is 6.31. The number of amides is 1. The van der Waals surface area contributed by atoms with Gasteiger partial charge >= 0.3 is 0 Å². The summed E-state index contributed by atoms with van der Waals surface area (Å²) < 4.78 is 5.30. The van der Waals surface area contributed by atoms with E-state index in [0.29, 0.717) is 22.4 Å². The molecule has 2 aromatic carbocycles. The molecule has 0 spiro atoms. The minimum absolute atomic E-state index is 0.00137. The van der Waals surface area contributed by atoms with Crippen molar-refractivity contribution in [2.45, 2.75) is 19.9 Å². The third-order valence-corrected chi connectivity index (χ3v) is 4.67. The Morgan fingerprint density at radius 2 is 1.93 bits per heavy atom. The number of hydrogen-bond donors (Lipinski definition) is 2. The molecule has 0 aliphatic carbocycles. The number of aromatic nitrogens is 2. The zero-order valence-corrected chi connectivity index (χ0v) is 16.6. The first kappa shape index (κ1) is 19.6. The molecule has 0 radical (unpaired) electrons. The highest BCUT2D eigenvalue weighted by atomic mass is 35.5. The van der Waals surface area contributed by atoms with Crippen LogP contribution in [0.5, 0.6) is 5.75 Å². The van der Waals surface area contributed by atoms with Gasteiger partial charge in [-0.05, 0) is 37.1 Å². The second-order valence-electron chi connectivity index (χ2n) is 6.30. The Morgan fingerprint density at radius 3 is 2.64 bits per heavy atom. The van der Waals surface area contributed by atoms with E-state index < -0.39 is 0 Å². The number of nitrogens with zero attached hydrogens (tertiary/aromatic N) is 2. The molecule has 2 N–H and O–H groups in total. The first-order valence-corrected chi connectivity index (χ1v) is 9.15. The van der Waals surface area contributed by atoms with E-state index >= 15 is 0 Å². The minimum Gasteiger partial charge on any atom is -0.495 e. The van der Waals surface area contributed by atoms with Crippen LogP contribution in [0.4, 0.5) is 11.6 Å². The number of carbonyl (C=O) groups is 1. The van der Waals surface area contributed by atoms with Gasteiger partial charge in [0, 0.05) is 17.3 Å². The van der Waals surface area contributed by atoms with Crippen LogP contribution in [0.25, 0.3) is 0 Å². The van der Waals surface area contributed by atoms with Gasteiger partial charge in [0.2, 0.25) is 5.95 Å². The molecule has 144 valence electrons. The summed E-state index contributed by atoms with van der Waals surface area (Å²) in [5.74, 6) is 0.496. The number of methoxy groups -OCH3 is 1. The van der Waals surface area contributed by atoms with E-state index in [1.165, 1.54) is 7.11 Å². The Morgan fingerprint density at radius 1 is 1.18 bits per heavy atom. The molecule has 0 aliphatic heterocycles. The van der Waals surface area contributed by atoms with Crippen LogP contribution in [-0.4, -0.2) is 23.0 Å². The number of halogens is 1. The van der Waals surface area contributed by atoms with E-state index in [4.69, 9.17) is 16.3 Å². The van der Waals surface area contributed by atoms with Crippen molar-refractivity contribution in [2.24, 2.45) is 0 Å². The van der Waals surface area contributed by atoms with Crippen LogP contribution in [0.15, 0.2) is 54.7 Å². The lowest BCUT2D eigenvalue weighted by Gasteiger charge is -2.15. The topological polar surface area (TPSA) is 76.1 Å². The summed E-state index contributed by atoms with van der Waals surface area (Å²) in [6.45, 7) is 3.86. The molecule has 1 amide bonds. The van der Waals surface area contributed by atoms with Crippen molar-refractivity contribution >= 4 is 29.1 Å². The van der Waals surface area contributed by atoms with E-state index in [9.17, 15) is 4.79 Å².